The Morgan fingerprint density at radius 1 is 0.754 bits per heavy atom. The minimum Gasteiger partial charge on any atom is -0.508 e. The van der Waals surface area contributed by atoms with E-state index < -0.39 is 6.04 Å². The summed E-state index contributed by atoms with van der Waals surface area (Å²) in [7, 11) is 0. The van der Waals surface area contributed by atoms with Gasteiger partial charge >= 0.3 is 0 Å². The smallest absolute Gasteiger partial charge is 0.255 e. The first kappa shape index (κ1) is 37.5. The highest BCUT2D eigenvalue weighted by atomic mass is 19.1. The molecule has 0 aromatic heterocycles. The van der Waals surface area contributed by atoms with E-state index in [1.807, 2.05) is 36.4 Å². The number of ketones is 2. The predicted octanol–water partition coefficient (Wildman–Crippen LogP) is 6.56. The molecule has 1 saturated carbocycles. The molecule has 0 spiro atoms. The highest BCUT2D eigenvalue weighted by molar-refractivity contribution is 6.07. The number of amides is 1. The number of carbonyl (C=O) groups is 3. The highest BCUT2D eigenvalue weighted by Crippen LogP contribution is 2.47. The van der Waals surface area contributed by atoms with Crippen LogP contribution < -0.4 is 9.64 Å². The van der Waals surface area contributed by atoms with Gasteiger partial charge in [-0.25, -0.2) is 4.39 Å². The van der Waals surface area contributed by atoms with Gasteiger partial charge in [-0.1, -0.05) is 30.3 Å². The second-order valence-corrected chi connectivity index (χ2v) is 16.7. The summed E-state index contributed by atoms with van der Waals surface area (Å²) in [6.07, 6.45) is 3.73. The molecule has 0 radical (unpaired) electrons. The van der Waals surface area contributed by atoms with Crippen LogP contribution in [0.1, 0.15) is 82.1 Å². The van der Waals surface area contributed by atoms with Crippen LogP contribution in [0.25, 0.3) is 0 Å². The van der Waals surface area contributed by atoms with Crippen LogP contribution in [0.4, 0.5) is 10.1 Å². The van der Waals surface area contributed by atoms with Gasteiger partial charge in [0.15, 0.2) is 5.78 Å². The Bertz CT molecular complexity index is 2130. The van der Waals surface area contributed by atoms with Crippen molar-refractivity contribution in [3.05, 3.63) is 124 Å². The minimum absolute atomic E-state index is 0.0257. The zero-order chi connectivity index (χ0) is 39.0. The van der Waals surface area contributed by atoms with E-state index in [-0.39, 0.29) is 47.3 Å². The number of phenolic OH excluding ortho intramolecular Hbond substituents is 1. The number of carbonyl (C=O) groups excluding carboxylic acids is 3. The van der Waals surface area contributed by atoms with E-state index in [9.17, 15) is 23.9 Å². The minimum atomic E-state index is -0.485. The molecular formula is C47H51FN4O5. The molecule has 1 amide bonds. The SMILES string of the molecule is O=C1CCC(N2Cc3cc(N4CCN(C[C@@H]5CCN(CCOc6ccc([C@@H]7c8ccc(O)cc8CC[C@@H]7c7ccc(F)cc7)cc6)C5)CC4)ccc3C2=O)C(=O)C1. The second kappa shape index (κ2) is 16.1. The molecule has 9 nitrogen and oxygen atoms in total. The fraction of sp³-hybridized carbons (Fsp3) is 0.426. The predicted molar refractivity (Wildman–Crippen MR) is 217 cm³/mol. The number of hydrogen-bond acceptors (Lipinski definition) is 8. The number of likely N-dealkylation sites (tertiary alicyclic amines) is 1. The summed E-state index contributed by atoms with van der Waals surface area (Å²) >= 11 is 0. The molecule has 5 aliphatic rings. The molecule has 2 aliphatic carbocycles. The number of anilines is 1. The van der Waals surface area contributed by atoms with Gasteiger partial charge in [0, 0.05) is 75.9 Å². The second-order valence-electron chi connectivity index (χ2n) is 16.7. The molecule has 1 unspecified atom stereocenters. The van der Waals surface area contributed by atoms with Gasteiger partial charge in [-0.2, -0.15) is 0 Å². The van der Waals surface area contributed by atoms with Gasteiger partial charge in [0.1, 0.15) is 29.7 Å². The van der Waals surface area contributed by atoms with E-state index in [1.165, 1.54) is 23.1 Å². The van der Waals surface area contributed by atoms with Crippen LogP contribution in [0.2, 0.25) is 0 Å². The van der Waals surface area contributed by atoms with E-state index in [2.05, 4.69) is 45.0 Å². The van der Waals surface area contributed by atoms with Gasteiger partial charge in [0.2, 0.25) is 0 Å². The number of fused-ring (bicyclic) bond motifs is 2. The number of halogens is 1. The van der Waals surface area contributed by atoms with Crippen molar-refractivity contribution >= 4 is 23.2 Å². The lowest BCUT2D eigenvalue weighted by atomic mass is 9.69. The zero-order valence-corrected chi connectivity index (χ0v) is 32.5. The maximum Gasteiger partial charge on any atom is 0.255 e. The number of hydrogen-bond donors (Lipinski definition) is 1. The first-order valence-electron chi connectivity index (χ1n) is 20.7. The summed E-state index contributed by atoms with van der Waals surface area (Å²) < 4.78 is 20.1. The number of nitrogens with zero attached hydrogens (tertiary/aromatic N) is 4. The zero-order valence-electron chi connectivity index (χ0n) is 32.5. The van der Waals surface area contributed by atoms with E-state index in [0.29, 0.717) is 37.5 Å². The lowest BCUT2D eigenvalue weighted by Crippen LogP contribution is -2.48. The first-order chi connectivity index (χ1) is 27.8. The molecule has 1 N–H and O–H groups in total. The molecule has 0 bridgehead atoms. The number of Topliss-reactive ketones (excluding diaryl/α,β-unsaturated/α-hetero) is 2. The molecule has 3 aliphatic heterocycles. The summed E-state index contributed by atoms with van der Waals surface area (Å²) in [4.78, 5) is 46.6. The van der Waals surface area contributed by atoms with Gasteiger partial charge < -0.3 is 19.6 Å². The van der Waals surface area contributed by atoms with E-state index in [1.54, 1.807) is 23.1 Å². The van der Waals surface area contributed by atoms with Crippen molar-refractivity contribution < 1.29 is 28.6 Å². The van der Waals surface area contributed by atoms with Crippen molar-refractivity contribution in [2.24, 2.45) is 5.92 Å². The Morgan fingerprint density at radius 3 is 2.33 bits per heavy atom. The number of ether oxygens (including phenoxy) is 1. The van der Waals surface area contributed by atoms with Crippen LogP contribution >= 0.6 is 0 Å². The Kier molecular flexibility index (Phi) is 10.6. The molecule has 4 atom stereocenters. The third-order valence-corrected chi connectivity index (χ3v) is 13.2. The van der Waals surface area contributed by atoms with Crippen LogP contribution in [0.5, 0.6) is 11.5 Å². The number of rotatable bonds is 10. The Labute approximate surface area is 334 Å². The largest absolute Gasteiger partial charge is 0.508 e. The summed E-state index contributed by atoms with van der Waals surface area (Å²) in [5.41, 5.74) is 7.49. The van der Waals surface area contributed by atoms with Crippen molar-refractivity contribution in [3.63, 3.8) is 0 Å². The van der Waals surface area contributed by atoms with Gasteiger partial charge in [-0.3, -0.25) is 24.2 Å². The number of aryl methyl sites for hydroxylation is 1. The molecule has 9 rings (SSSR count). The van der Waals surface area contributed by atoms with Gasteiger partial charge in [-0.15, -0.1) is 0 Å². The third-order valence-electron chi connectivity index (χ3n) is 13.2. The van der Waals surface area contributed by atoms with Crippen LogP contribution in [0.15, 0.2) is 84.9 Å². The molecular weight excluding hydrogens is 720 g/mol. The van der Waals surface area contributed by atoms with E-state index in [0.717, 1.165) is 87.8 Å². The maximum atomic E-state index is 13.8. The van der Waals surface area contributed by atoms with Crippen LogP contribution in [-0.2, 0) is 22.6 Å². The quantitative estimate of drug-likeness (QED) is 0.182. The molecule has 3 fully saturated rings. The van der Waals surface area contributed by atoms with Crippen molar-refractivity contribution in [2.45, 2.75) is 62.9 Å². The number of piperazine rings is 1. The third kappa shape index (κ3) is 7.94. The van der Waals surface area contributed by atoms with Gasteiger partial charge in [-0.05, 0) is 126 Å². The molecule has 57 heavy (non-hydrogen) atoms. The number of benzene rings is 4. The summed E-state index contributed by atoms with van der Waals surface area (Å²) in [6, 6.07) is 26.7. The summed E-state index contributed by atoms with van der Waals surface area (Å²) in [5, 5.41) is 10.2. The number of aromatic hydroxyl groups is 1. The van der Waals surface area contributed by atoms with Crippen LogP contribution in [0.3, 0.4) is 0 Å². The Morgan fingerprint density at radius 2 is 1.54 bits per heavy atom. The average Bonchev–Trinajstić information content (AvgIpc) is 3.81. The van der Waals surface area contributed by atoms with Crippen molar-refractivity contribution in [1.82, 2.24) is 14.7 Å². The summed E-state index contributed by atoms with van der Waals surface area (Å²) in [6.45, 7) is 9.10. The van der Waals surface area contributed by atoms with Crippen molar-refractivity contribution in [2.75, 3.05) is 63.9 Å². The van der Waals surface area contributed by atoms with Crippen LogP contribution in [0, 0.1) is 11.7 Å². The molecule has 4 aromatic carbocycles. The Hall–Kier alpha value is -5.06. The first-order valence-corrected chi connectivity index (χ1v) is 20.7. The molecule has 296 valence electrons. The fourth-order valence-corrected chi connectivity index (χ4v) is 10.1. The van der Waals surface area contributed by atoms with E-state index in [4.69, 9.17) is 4.74 Å². The number of phenols is 1. The van der Waals surface area contributed by atoms with Gasteiger partial charge in [0.05, 0.1) is 12.5 Å². The maximum absolute atomic E-state index is 13.8. The van der Waals surface area contributed by atoms with E-state index >= 15 is 0 Å². The van der Waals surface area contributed by atoms with Crippen LogP contribution in [-0.4, -0.2) is 102 Å². The average molecular weight is 771 g/mol. The lowest BCUT2D eigenvalue weighted by molar-refractivity contribution is -0.133. The van der Waals surface area contributed by atoms with Crippen molar-refractivity contribution in [1.29, 1.82) is 0 Å². The molecule has 10 heteroatoms. The highest BCUT2D eigenvalue weighted by Gasteiger charge is 2.39. The molecule has 2 saturated heterocycles. The lowest BCUT2D eigenvalue weighted by Gasteiger charge is -2.37. The Balaban J connectivity index is 0.735. The fourth-order valence-electron chi connectivity index (χ4n) is 10.1. The molecule has 4 aromatic rings. The summed E-state index contributed by atoms with van der Waals surface area (Å²) in [5.74, 6) is 1.62. The topological polar surface area (TPSA) is 93.6 Å². The van der Waals surface area contributed by atoms with Gasteiger partial charge in [0.25, 0.3) is 5.91 Å². The normalized spacial score (nSPS) is 24.2. The van der Waals surface area contributed by atoms with Crippen molar-refractivity contribution in [3.8, 4) is 11.5 Å². The standard InChI is InChI=1S/C47H51FN4O5/c48-36-6-1-32(2-7-36)41-13-5-34-26-38(53)9-15-42(34)46(41)33-3-11-40(12-4-33)57-24-23-49-18-17-31(28-49)29-50-19-21-51(22-20-50)37-8-14-43-35(25-37)30-52(47(43)56)44-16-10-39(54)27-45(44)55/h1-4,6-9,11-12,14-15,25-26,31,41,44,46,53H,5,10,13,16-24,27-30H2/t31-,41-,44?,46+/m1/s1. The monoisotopic (exact) mass is 770 g/mol. The molecule has 3 heterocycles.